The van der Waals surface area contributed by atoms with E-state index in [1.54, 1.807) is 23.4 Å². The zero-order chi connectivity index (χ0) is 24.9. The highest BCUT2D eigenvalue weighted by molar-refractivity contribution is 6.04. The lowest BCUT2D eigenvalue weighted by molar-refractivity contribution is -0.185. The molecule has 2 amide bonds. The number of aromatic nitrogens is 3. The number of nitrogens with zero attached hydrogens (tertiary/aromatic N) is 4. The van der Waals surface area contributed by atoms with Crippen molar-refractivity contribution in [1.82, 2.24) is 25.0 Å². The fraction of sp³-hybridized carbons (Fsp3) is 0.625. The van der Waals surface area contributed by atoms with Crippen LogP contribution >= 0.6 is 0 Å². The minimum Gasteiger partial charge on any atom is -0.354 e. The summed E-state index contributed by atoms with van der Waals surface area (Å²) in [5.74, 6) is -2.06. The summed E-state index contributed by atoms with van der Waals surface area (Å²) in [6, 6.07) is 1.03. The van der Waals surface area contributed by atoms with Crippen molar-refractivity contribution < 1.29 is 27.6 Å². The van der Waals surface area contributed by atoms with Gasteiger partial charge in [-0.2, -0.15) is 18.3 Å². The lowest BCUT2D eigenvalue weighted by Gasteiger charge is -2.31. The van der Waals surface area contributed by atoms with Crippen molar-refractivity contribution in [3.63, 3.8) is 0 Å². The fourth-order valence-electron chi connectivity index (χ4n) is 5.80. The maximum absolute atomic E-state index is 13.3. The molecule has 3 aliphatic rings. The molecular weight excluding hydrogens is 463 g/mol. The molecule has 35 heavy (non-hydrogen) atoms. The molecule has 1 aliphatic heterocycles. The van der Waals surface area contributed by atoms with E-state index in [-0.39, 0.29) is 67.1 Å². The number of Topliss-reactive ketones (excluding diaryl/α,β-unsaturated/α-hetero) is 1. The molecule has 2 aromatic heterocycles. The predicted molar refractivity (Wildman–Crippen MR) is 119 cm³/mol. The highest BCUT2D eigenvalue weighted by Crippen LogP contribution is 2.48. The van der Waals surface area contributed by atoms with Gasteiger partial charge in [-0.25, -0.2) is 0 Å². The number of ketones is 1. The summed E-state index contributed by atoms with van der Waals surface area (Å²) in [6.45, 7) is 1.47. The largest absolute Gasteiger partial charge is 0.391 e. The first-order valence-corrected chi connectivity index (χ1v) is 12.1. The van der Waals surface area contributed by atoms with Gasteiger partial charge in [-0.3, -0.25) is 24.0 Å². The third-order valence-corrected chi connectivity index (χ3v) is 7.68. The van der Waals surface area contributed by atoms with Crippen LogP contribution in [0.25, 0.3) is 10.9 Å². The summed E-state index contributed by atoms with van der Waals surface area (Å²) in [6.07, 6.45) is 1.63. The number of carbonyl (C=O) groups is 3. The normalized spacial score (nSPS) is 28.1. The Kier molecular flexibility index (Phi) is 6.04. The second-order valence-electron chi connectivity index (χ2n) is 10.1. The zero-order valence-corrected chi connectivity index (χ0v) is 19.4. The third-order valence-electron chi connectivity index (χ3n) is 7.68. The van der Waals surface area contributed by atoms with Gasteiger partial charge in [-0.05, 0) is 50.0 Å². The Morgan fingerprint density at radius 3 is 2.71 bits per heavy atom. The average Bonchev–Trinajstić information content (AvgIpc) is 3.32. The minimum atomic E-state index is -4.20. The summed E-state index contributed by atoms with van der Waals surface area (Å²) < 4.78 is 40.8. The molecule has 5 atom stereocenters. The number of fused-ring (bicyclic) bond motifs is 2. The third kappa shape index (κ3) is 4.64. The van der Waals surface area contributed by atoms with Gasteiger partial charge in [0, 0.05) is 31.1 Å². The average molecular weight is 492 g/mol. The summed E-state index contributed by atoms with van der Waals surface area (Å²) in [4.78, 5) is 44.0. The maximum Gasteiger partial charge on any atom is 0.391 e. The van der Waals surface area contributed by atoms with E-state index in [1.807, 2.05) is 0 Å². The molecule has 1 N–H and O–H groups in total. The summed E-state index contributed by atoms with van der Waals surface area (Å²) in [5, 5.41) is 7.76. The number of rotatable bonds is 6. The van der Waals surface area contributed by atoms with Crippen LogP contribution in [0.2, 0.25) is 0 Å². The van der Waals surface area contributed by atoms with Gasteiger partial charge in [-0.15, -0.1) is 0 Å². The van der Waals surface area contributed by atoms with Crippen molar-refractivity contribution in [2.75, 3.05) is 6.54 Å². The fourth-order valence-corrected chi connectivity index (χ4v) is 5.80. The Labute approximate surface area is 200 Å². The van der Waals surface area contributed by atoms with Gasteiger partial charge < -0.3 is 10.2 Å². The molecule has 0 radical (unpaired) electrons. The molecule has 1 saturated heterocycles. The summed E-state index contributed by atoms with van der Waals surface area (Å²) >= 11 is 0. The smallest absolute Gasteiger partial charge is 0.354 e. The number of carbonyl (C=O) groups excluding carboxylic acids is 3. The molecule has 0 aromatic carbocycles. The first-order chi connectivity index (χ1) is 16.6. The maximum atomic E-state index is 13.3. The number of hydrogen-bond donors (Lipinski definition) is 1. The first-order valence-electron chi connectivity index (χ1n) is 12.1. The Morgan fingerprint density at radius 1 is 1.17 bits per heavy atom. The molecule has 0 bridgehead atoms. The van der Waals surface area contributed by atoms with E-state index >= 15 is 0 Å². The van der Waals surface area contributed by atoms with Crippen LogP contribution in [0, 0.1) is 17.8 Å². The van der Waals surface area contributed by atoms with Crippen molar-refractivity contribution in [3.8, 4) is 0 Å². The molecule has 2 aliphatic carbocycles. The van der Waals surface area contributed by atoms with Crippen LogP contribution in [0.5, 0.6) is 0 Å². The molecule has 3 fully saturated rings. The number of nitrogens with one attached hydrogen (secondary N) is 1. The SMILES string of the molecule is CC(=O)c1nn(CC(=O)N2[C@@H]3C[C@@H]3C[C@H]2C(=O)NCC2CCCC(C(F)(F)F)C2)c2cnccc12. The second kappa shape index (κ2) is 8.91. The van der Waals surface area contributed by atoms with E-state index in [0.717, 1.165) is 6.42 Å². The quantitative estimate of drug-likeness (QED) is 0.627. The van der Waals surface area contributed by atoms with Crippen molar-refractivity contribution >= 4 is 28.5 Å². The van der Waals surface area contributed by atoms with Crippen molar-refractivity contribution in [2.45, 2.75) is 70.3 Å². The Balaban J connectivity index is 1.25. The molecular formula is C24H28F3N5O3. The highest BCUT2D eigenvalue weighted by Gasteiger charge is 2.56. The van der Waals surface area contributed by atoms with Crippen LogP contribution in [0.4, 0.5) is 13.2 Å². The number of hydrogen-bond acceptors (Lipinski definition) is 5. The second-order valence-corrected chi connectivity index (χ2v) is 10.1. The Hall–Kier alpha value is -2.98. The Bertz CT molecular complexity index is 1160. The van der Waals surface area contributed by atoms with E-state index < -0.39 is 18.1 Å². The number of alkyl halides is 3. The van der Waals surface area contributed by atoms with Gasteiger partial charge in [0.25, 0.3) is 0 Å². The van der Waals surface area contributed by atoms with Gasteiger partial charge in [0.05, 0.1) is 17.6 Å². The van der Waals surface area contributed by atoms with Crippen LogP contribution in [0.3, 0.4) is 0 Å². The predicted octanol–water partition coefficient (Wildman–Crippen LogP) is 3.11. The number of likely N-dealkylation sites (tertiary alicyclic amines) is 1. The molecule has 2 saturated carbocycles. The highest BCUT2D eigenvalue weighted by atomic mass is 19.4. The lowest BCUT2D eigenvalue weighted by Crippen LogP contribution is -2.50. The standard InChI is InChI=1S/C24H28F3N5O3/c1-13(33)22-17-5-6-28-11-20(17)31(30-22)12-21(34)32-18-8-15(18)9-19(32)23(35)29-10-14-3-2-4-16(7-14)24(25,26)27/h5-6,11,14-16,18-19H,2-4,7-10,12H2,1H3,(H,29,35)/t14?,15-,16?,18-,19+/m1/s1. The zero-order valence-electron chi connectivity index (χ0n) is 19.4. The first kappa shape index (κ1) is 23.7. The van der Waals surface area contributed by atoms with Gasteiger partial charge in [0.1, 0.15) is 18.3 Å². The van der Waals surface area contributed by atoms with Crippen LogP contribution in [0.15, 0.2) is 18.5 Å². The molecule has 2 aromatic rings. The van der Waals surface area contributed by atoms with Crippen LogP contribution < -0.4 is 5.32 Å². The number of halogens is 3. The molecule has 188 valence electrons. The van der Waals surface area contributed by atoms with E-state index in [2.05, 4.69) is 15.4 Å². The number of piperidine rings is 1. The van der Waals surface area contributed by atoms with Gasteiger partial charge >= 0.3 is 6.18 Å². The van der Waals surface area contributed by atoms with Gasteiger partial charge in [0.15, 0.2) is 5.78 Å². The monoisotopic (exact) mass is 491 g/mol. The van der Waals surface area contributed by atoms with Crippen LogP contribution in [0.1, 0.15) is 55.9 Å². The molecule has 0 spiro atoms. The number of amides is 2. The lowest BCUT2D eigenvalue weighted by atomic mass is 9.81. The van der Waals surface area contributed by atoms with Crippen molar-refractivity contribution in [2.24, 2.45) is 17.8 Å². The van der Waals surface area contributed by atoms with E-state index in [1.165, 1.54) is 11.6 Å². The van der Waals surface area contributed by atoms with Crippen molar-refractivity contribution in [3.05, 3.63) is 24.2 Å². The summed E-state index contributed by atoms with van der Waals surface area (Å²) in [7, 11) is 0. The Morgan fingerprint density at radius 2 is 1.97 bits per heavy atom. The van der Waals surface area contributed by atoms with E-state index in [9.17, 15) is 27.6 Å². The van der Waals surface area contributed by atoms with Gasteiger partial charge in [-0.1, -0.05) is 6.42 Å². The molecule has 5 rings (SSSR count). The molecule has 3 heterocycles. The molecule has 8 nitrogen and oxygen atoms in total. The molecule has 11 heteroatoms. The van der Waals surface area contributed by atoms with E-state index in [0.29, 0.717) is 30.2 Å². The van der Waals surface area contributed by atoms with Gasteiger partial charge in [0.2, 0.25) is 11.8 Å². The van der Waals surface area contributed by atoms with Crippen LogP contribution in [-0.2, 0) is 16.1 Å². The van der Waals surface area contributed by atoms with Crippen LogP contribution in [-0.4, -0.2) is 62.1 Å². The topological polar surface area (TPSA) is 97.2 Å². The minimum absolute atomic E-state index is 0.00484. The van der Waals surface area contributed by atoms with E-state index in [4.69, 9.17) is 0 Å². The van der Waals surface area contributed by atoms with Crippen molar-refractivity contribution in [1.29, 1.82) is 0 Å². The number of pyridine rings is 1. The summed E-state index contributed by atoms with van der Waals surface area (Å²) in [5.41, 5.74) is 0.829. The molecule has 2 unspecified atom stereocenters.